The van der Waals surface area contributed by atoms with Crippen molar-refractivity contribution in [1.29, 1.82) is 5.26 Å². The Labute approximate surface area is 146 Å². The molecule has 2 aromatic heterocycles. The zero-order valence-electron chi connectivity index (χ0n) is 14.1. The van der Waals surface area contributed by atoms with Crippen LogP contribution in [0.25, 0.3) is 5.57 Å². The Morgan fingerprint density at radius 3 is 2.96 bits per heavy atom. The van der Waals surface area contributed by atoms with Crippen molar-refractivity contribution in [2.45, 2.75) is 32.7 Å². The second kappa shape index (κ2) is 7.60. The van der Waals surface area contributed by atoms with Gasteiger partial charge in [-0.2, -0.15) is 10.4 Å². The molecule has 3 heterocycles. The molecular formula is C17H23N6S+. The number of nitriles is 1. The Morgan fingerprint density at radius 2 is 2.33 bits per heavy atom. The highest BCUT2D eigenvalue weighted by Crippen LogP contribution is 2.23. The molecule has 0 saturated carbocycles. The average molecular weight is 343 g/mol. The molecule has 7 heteroatoms. The maximum atomic E-state index is 9.37. The lowest BCUT2D eigenvalue weighted by Gasteiger charge is -2.29. The second-order valence-corrected chi connectivity index (χ2v) is 6.96. The average Bonchev–Trinajstić information content (AvgIpc) is 3.25. The van der Waals surface area contributed by atoms with Gasteiger partial charge in [-0.1, -0.05) is 0 Å². The summed E-state index contributed by atoms with van der Waals surface area (Å²) in [5.74, 6) is 0.931. The van der Waals surface area contributed by atoms with Crippen LogP contribution in [0.4, 0.5) is 5.82 Å². The first kappa shape index (κ1) is 16.7. The predicted molar refractivity (Wildman–Crippen MR) is 95.8 cm³/mol. The summed E-state index contributed by atoms with van der Waals surface area (Å²) in [4.78, 5) is 6.04. The molecule has 3 rings (SSSR count). The molecule has 0 aliphatic carbocycles. The quantitative estimate of drug-likeness (QED) is 0.813. The fourth-order valence-electron chi connectivity index (χ4n) is 3.09. The number of anilines is 1. The van der Waals surface area contributed by atoms with E-state index in [1.807, 2.05) is 24.6 Å². The SMILES string of the molecule is CC[NH+]1CCC(n2nccc2N/C=C(\C#N)c2nc(C)cs2)CC1. The molecule has 1 fully saturated rings. The number of quaternary nitrogens is 1. The Bertz CT molecular complexity index is 745. The third kappa shape index (κ3) is 3.66. The first-order valence-electron chi connectivity index (χ1n) is 8.37. The number of hydrogen-bond acceptors (Lipinski definition) is 5. The predicted octanol–water partition coefficient (Wildman–Crippen LogP) is 1.86. The van der Waals surface area contributed by atoms with Gasteiger partial charge >= 0.3 is 0 Å². The van der Waals surface area contributed by atoms with Gasteiger partial charge in [0, 0.05) is 36.2 Å². The summed E-state index contributed by atoms with van der Waals surface area (Å²) in [5, 5.41) is 19.8. The summed E-state index contributed by atoms with van der Waals surface area (Å²) < 4.78 is 2.06. The van der Waals surface area contributed by atoms with Crippen LogP contribution in [-0.4, -0.2) is 34.4 Å². The first-order chi connectivity index (χ1) is 11.7. The Hall–Kier alpha value is -2.17. The molecule has 6 nitrogen and oxygen atoms in total. The van der Waals surface area contributed by atoms with Gasteiger partial charge < -0.3 is 10.2 Å². The van der Waals surface area contributed by atoms with Crippen LogP contribution in [0.2, 0.25) is 0 Å². The van der Waals surface area contributed by atoms with E-state index in [1.165, 1.54) is 31.0 Å². The molecule has 2 aromatic rings. The van der Waals surface area contributed by atoms with Crippen LogP contribution in [0.1, 0.15) is 36.5 Å². The van der Waals surface area contributed by atoms with Crippen molar-refractivity contribution in [1.82, 2.24) is 14.8 Å². The minimum Gasteiger partial charge on any atom is -0.345 e. The normalized spacial score (nSPS) is 21.5. The Kier molecular flexibility index (Phi) is 5.28. The number of allylic oxidation sites excluding steroid dienone is 1. The zero-order valence-corrected chi connectivity index (χ0v) is 14.9. The Balaban J connectivity index is 1.72. The summed E-state index contributed by atoms with van der Waals surface area (Å²) in [6, 6.07) is 4.61. The zero-order chi connectivity index (χ0) is 16.9. The number of rotatable bonds is 5. The smallest absolute Gasteiger partial charge is 0.135 e. The largest absolute Gasteiger partial charge is 0.345 e. The van der Waals surface area contributed by atoms with Crippen LogP contribution in [-0.2, 0) is 0 Å². The molecule has 0 spiro atoms. The van der Waals surface area contributed by atoms with E-state index in [1.54, 1.807) is 11.1 Å². The van der Waals surface area contributed by atoms with Crippen LogP contribution >= 0.6 is 11.3 Å². The van der Waals surface area contributed by atoms with Gasteiger partial charge in [0.2, 0.25) is 0 Å². The number of aryl methyl sites for hydroxylation is 1. The van der Waals surface area contributed by atoms with Gasteiger partial charge in [-0.15, -0.1) is 11.3 Å². The molecule has 0 aromatic carbocycles. The van der Waals surface area contributed by atoms with E-state index in [2.05, 4.69) is 33.1 Å². The lowest BCUT2D eigenvalue weighted by Crippen LogP contribution is -3.12. The van der Waals surface area contributed by atoms with Crippen LogP contribution in [0, 0.1) is 18.3 Å². The minimum absolute atomic E-state index is 0.429. The maximum Gasteiger partial charge on any atom is 0.135 e. The number of likely N-dealkylation sites (tertiary alicyclic amines) is 1. The highest BCUT2D eigenvalue weighted by molar-refractivity contribution is 7.10. The second-order valence-electron chi connectivity index (χ2n) is 6.10. The number of nitrogens with one attached hydrogen (secondary N) is 2. The number of piperidine rings is 1. The standard InChI is InChI=1S/C17H22N6S/c1-3-22-8-5-15(6-9-22)23-16(4-7-20-23)19-11-14(10-18)17-21-13(2)12-24-17/h4,7,11-12,15,19H,3,5-6,8-9H2,1-2H3/p+1/b14-11+. The molecule has 1 aliphatic rings. The van der Waals surface area contributed by atoms with Gasteiger partial charge in [0.15, 0.2) is 0 Å². The molecule has 0 radical (unpaired) electrons. The highest BCUT2D eigenvalue weighted by atomic mass is 32.1. The first-order valence-corrected chi connectivity index (χ1v) is 9.25. The van der Waals surface area contributed by atoms with Gasteiger partial charge in [-0.3, -0.25) is 0 Å². The molecule has 0 amide bonds. The van der Waals surface area contributed by atoms with Crippen LogP contribution in [0.3, 0.4) is 0 Å². The minimum atomic E-state index is 0.429. The fraction of sp³-hybridized carbons (Fsp3) is 0.471. The summed E-state index contributed by atoms with van der Waals surface area (Å²) >= 11 is 1.49. The molecule has 0 unspecified atom stereocenters. The van der Waals surface area contributed by atoms with Crippen molar-refractivity contribution < 1.29 is 4.90 Å². The molecule has 1 saturated heterocycles. The number of nitrogens with zero attached hydrogens (tertiary/aromatic N) is 4. The number of thiazole rings is 1. The van der Waals surface area contributed by atoms with Crippen LogP contribution < -0.4 is 10.2 Å². The van der Waals surface area contributed by atoms with Gasteiger partial charge in [-0.05, 0) is 13.8 Å². The lowest BCUT2D eigenvalue weighted by atomic mass is 10.1. The van der Waals surface area contributed by atoms with Crippen molar-refractivity contribution in [2.24, 2.45) is 0 Å². The van der Waals surface area contributed by atoms with Gasteiger partial charge in [-0.25, -0.2) is 9.67 Å². The molecule has 0 bridgehead atoms. The van der Waals surface area contributed by atoms with Gasteiger partial charge in [0.25, 0.3) is 0 Å². The Morgan fingerprint density at radius 1 is 1.54 bits per heavy atom. The van der Waals surface area contributed by atoms with E-state index in [-0.39, 0.29) is 0 Å². The topological polar surface area (TPSA) is 71.0 Å². The van der Waals surface area contributed by atoms with Crippen molar-refractivity contribution in [3.8, 4) is 6.07 Å². The number of hydrogen-bond donors (Lipinski definition) is 2. The monoisotopic (exact) mass is 343 g/mol. The highest BCUT2D eigenvalue weighted by Gasteiger charge is 2.24. The van der Waals surface area contributed by atoms with E-state index in [0.717, 1.165) is 29.4 Å². The third-order valence-corrected chi connectivity index (χ3v) is 5.51. The summed E-state index contributed by atoms with van der Waals surface area (Å²) in [5.41, 5.74) is 1.48. The van der Waals surface area contributed by atoms with Crippen LogP contribution in [0.15, 0.2) is 23.8 Å². The molecular weight excluding hydrogens is 320 g/mol. The van der Waals surface area contributed by atoms with E-state index in [9.17, 15) is 5.26 Å². The van der Waals surface area contributed by atoms with Gasteiger partial charge in [0.1, 0.15) is 22.5 Å². The summed E-state index contributed by atoms with van der Waals surface area (Å²) in [7, 11) is 0. The molecule has 1 aliphatic heterocycles. The fourth-order valence-corrected chi connectivity index (χ4v) is 3.86. The number of aromatic nitrogens is 3. The maximum absolute atomic E-state index is 9.37. The molecule has 24 heavy (non-hydrogen) atoms. The lowest BCUT2D eigenvalue weighted by molar-refractivity contribution is -0.904. The van der Waals surface area contributed by atoms with Crippen LogP contribution in [0.5, 0.6) is 0 Å². The van der Waals surface area contributed by atoms with E-state index >= 15 is 0 Å². The summed E-state index contributed by atoms with van der Waals surface area (Å²) in [6.45, 7) is 7.75. The molecule has 2 N–H and O–H groups in total. The molecule has 0 atom stereocenters. The molecule has 126 valence electrons. The van der Waals surface area contributed by atoms with E-state index < -0.39 is 0 Å². The van der Waals surface area contributed by atoms with Crippen molar-refractivity contribution in [3.05, 3.63) is 34.5 Å². The van der Waals surface area contributed by atoms with Crippen molar-refractivity contribution in [3.63, 3.8) is 0 Å². The van der Waals surface area contributed by atoms with Crippen molar-refractivity contribution >= 4 is 22.7 Å². The third-order valence-electron chi connectivity index (χ3n) is 4.51. The van der Waals surface area contributed by atoms with Gasteiger partial charge in [0.05, 0.1) is 31.9 Å². The van der Waals surface area contributed by atoms with E-state index in [4.69, 9.17) is 0 Å². The van der Waals surface area contributed by atoms with Crippen molar-refractivity contribution in [2.75, 3.05) is 25.0 Å². The van der Waals surface area contributed by atoms with E-state index in [0.29, 0.717) is 11.6 Å². The summed E-state index contributed by atoms with van der Waals surface area (Å²) in [6.07, 6.45) is 5.83.